The van der Waals surface area contributed by atoms with Crippen LogP contribution in [0.15, 0.2) is 0 Å². The van der Waals surface area contributed by atoms with Gasteiger partial charge in [0.05, 0.1) is 13.2 Å². The molecule has 0 radical (unpaired) electrons. The summed E-state index contributed by atoms with van der Waals surface area (Å²) in [6, 6.07) is 0. The van der Waals surface area contributed by atoms with Gasteiger partial charge in [0.25, 0.3) is 0 Å². The van der Waals surface area contributed by atoms with Crippen molar-refractivity contribution in [1.29, 1.82) is 0 Å². The molecule has 0 unspecified atom stereocenters. The first kappa shape index (κ1) is 23.4. The highest BCUT2D eigenvalue weighted by Crippen LogP contribution is 2.21. The average molecular weight is 434 g/mol. The number of hydrogen-bond donors (Lipinski definition) is 2. The summed E-state index contributed by atoms with van der Waals surface area (Å²) in [6.45, 7) is 9.52. The van der Waals surface area contributed by atoms with E-state index in [1.165, 1.54) is 0 Å². The fourth-order valence-electron chi connectivity index (χ4n) is 2.80. The van der Waals surface area contributed by atoms with Crippen molar-refractivity contribution in [2.75, 3.05) is 56.6 Å². The summed E-state index contributed by atoms with van der Waals surface area (Å²) in [4.78, 5) is 22.7. The first-order chi connectivity index (χ1) is 13.6. The van der Waals surface area contributed by atoms with Crippen LogP contribution >= 0.6 is 11.6 Å². The minimum absolute atomic E-state index is 0.152. The summed E-state index contributed by atoms with van der Waals surface area (Å²) in [7, 11) is 0. The number of carbonyl (C=O) groups is 1. The highest BCUT2D eigenvalue weighted by atomic mass is 35.5. The van der Waals surface area contributed by atoms with Crippen molar-refractivity contribution in [2.45, 2.75) is 32.8 Å². The number of ether oxygens (including phenoxy) is 2. The number of nitrogens with zero attached hydrogens (tertiary/aromatic N) is 4. The topological polar surface area (TPSA) is 114 Å². The quantitative estimate of drug-likeness (QED) is 0.680. The molecule has 1 aromatic rings. The predicted octanol–water partition coefficient (Wildman–Crippen LogP) is 1.92. The molecule has 0 aromatic carbocycles. The first-order valence-electron chi connectivity index (χ1n) is 9.50. The number of likely N-dealkylation sites (tertiary alicyclic amines) is 1. The molecule has 0 spiro atoms. The van der Waals surface area contributed by atoms with Crippen LogP contribution in [0.4, 0.5) is 21.0 Å². The molecule has 3 N–H and O–H groups in total. The van der Waals surface area contributed by atoms with Crippen molar-refractivity contribution in [1.82, 2.24) is 14.9 Å². The molecule has 1 atom stereocenters. The third-order valence-electron chi connectivity index (χ3n) is 4.31. The Bertz CT molecular complexity index is 674. The van der Waals surface area contributed by atoms with Crippen molar-refractivity contribution >= 4 is 29.5 Å². The fraction of sp³-hybridized carbons (Fsp3) is 0.722. The number of carbonyl (C=O) groups excluding carboxylic acids is 1. The van der Waals surface area contributed by atoms with E-state index in [1.54, 1.807) is 4.90 Å². The van der Waals surface area contributed by atoms with Crippen LogP contribution in [0.2, 0.25) is 5.15 Å². The minimum atomic E-state index is -0.770. The molecule has 0 aliphatic carbocycles. The number of nitrogen functional groups attached to an aromatic ring is 1. The van der Waals surface area contributed by atoms with Crippen LogP contribution in [0.3, 0.4) is 0 Å². The van der Waals surface area contributed by atoms with Crippen LogP contribution in [0.25, 0.3) is 0 Å². The Hall–Kier alpha value is -1.91. The van der Waals surface area contributed by atoms with Crippen molar-refractivity contribution < 1.29 is 23.8 Å². The Kier molecular flexibility index (Phi) is 8.23. The molecule has 164 valence electrons. The van der Waals surface area contributed by atoms with Crippen LogP contribution in [-0.2, 0) is 9.47 Å². The Morgan fingerprint density at radius 1 is 1.34 bits per heavy atom. The molecule has 11 heteroatoms. The maximum atomic E-state index is 13.1. The van der Waals surface area contributed by atoms with Crippen molar-refractivity contribution in [3.63, 3.8) is 0 Å². The number of nitrogens with two attached hydrogens (primary N) is 1. The highest BCUT2D eigenvalue weighted by Gasteiger charge is 2.29. The largest absolute Gasteiger partial charge is 0.444 e. The van der Waals surface area contributed by atoms with E-state index in [4.69, 9.17) is 31.9 Å². The smallest absolute Gasteiger partial charge is 0.410 e. The Balaban J connectivity index is 0.000000208. The normalized spacial score (nSPS) is 19.6. The molecule has 2 aliphatic rings. The number of amides is 1. The van der Waals surface area contributed by atoms with Crippen LogP contribution in [0.1, 0.15) is 27.2 Å². The SMILES string of the molecule is CC(C)(C)OC(=O)N1CC[C@@H](CO)C1.Nc1nc(N2CCOCC2)nc(Cl)c1F. The second kappa shape index (κ2) is 10.2. The number of aliphatic hydroxyl groups excluding tert-OH is 1. The monoisotopic (exact) mass is 433 g/mol. The second-order valence-electron chi connectivity index (χ2n) is 7.88. The molecule has 2 fully saturated rings. The van der Waals surface area contributed by atoms with Crippen LogP contribution in [-0.4, -0.2) is 77.7 Å². The summed E-state index contributed by atoms with van der Waals surface area (Å²) in [6.07, 6.45) is 0.601. The zero-order valence-corrected chi connectivity index (χ0v) is 17.8. The molecule has 0 saturated carbocycles. The van der Waals surface area contributed by atoms with Crippen LogP contribution < -0.4 is 10.6 Å². The van der Waals surface area contributed by atoms with Gasteiger partial charge >= 0.3 is 6.09 Å². The molecule has 3 heterocycles. The van der Waals surface area contributed by atoms with Gasteiger partial charge in [0.2, 0.25) is 11.8 Å². The number of anilines is 2. The standard InChI is InChI=1S/C10H19NO3.C8H10ClFN4O/c1-10(2,3)14-9(13)11-5-4-8(6-11)7-12;9-6-5(10)7(11)13-8(12-6)14-1-3-15-4-2-14/h8,12H,4-7H2,1-3H3;1-4H2,(H2,11,12,13)/t8-;/m1./s1. The first-order valence-corrected chi connectivity index (χ1v) is 9.88. The number of halogens is 2. The Morgan fingerprint density at radius 2 is 2.00 bits per heavy atom. The average Bonchev–Trinajstić information content (AvgIpc) is 3.15. The van der Waals surface area contributed by atoms with Crippen molar-refractivity contribution in [3.8, 4) is 0 Å². The number of aromatic nitrogens is 2. The van der Waals surface area contributed by atoms with E-state index in [2.05, 4.69) is 9.97 Å². The Labute approximate surface area is 174 Å². The zero-order valence-electron chi connectivity index (χ0n) is 17.0. The van der Waals surface area contributed by atoms with Gasteiger partial charge in [-0.2, -0.15) is 14.4 Å². The van der Waals surface area contributed by atoms with E-state index in [9.17, 15) is 9.18 Å². The van der Waals surface area contributed by atoms with Gasteiger partial charge < -0.3 is 30.1 Å². The summed E-state index contributed by atoms with van der Waals surface area (Å²) in [5, 5.41) is 8.67. The molecule has 2 saturated heterocycles. The molecule has 9 nitrogen and oxygen atoms in total. The second-order valence-corrected chi connectivity index (χ2v) is 8.23. The maximum Gasteiger partial charge on any atom is 0.410 e. The molecule has 29 heavy (non-hydrogen) atoms. The molecule has 2 aliphatic heterocycles. The third-order valence-corrected chi connectivity index (χ3v) is 4.56. The van der Waals surface area contributed by atoms with Crippen molar-refractivity contribution in [2.24, 2.45) is 5.92 Å². The molecular formula is C18H29ClFN5O4. The van der Waals surface area contributed by atoms with Gasteiger partial charge in [0, 0.05) is 38.7 Å². The predicted molar refractivity (Wildman–Crippen MR) is 107 cm³/mol. The zero-order chi connectivity index (χ0) is 21.6. The molecule has 0 bridgehead atoms. The molecule has 1 amide bonds. The van der Waals surface area contributed by atoms with Gasteiger partial charge in [0.15, 0.2) is 11.0 Å². The van der Waals surface area contributed by atoms with E-state index < -0.39 is 11.4 Å². The van der Waals surface area contributed by atoms with Gasteiger partial charge in [-0.05, 0) is 27.2 Å². The number of rotatable bonds is 2. The summed E-state index contributed by atoms with van der Waals surface area (Å²) in [5.41, 5.74) is 4.92. The number of aliphatic hydroxyl groups is 1. The minimum Gasteiger partial charge on any atom is -0.444 e. The lowest BCUT2D eigenvalue weighted by Gasteiger charge is -2.26. The van der Waals surface area contributed by atoms with Gasteiger partial charge in [-0.1, -0.05) is 11.6 Å². The van der Waals surface area contributed by atoms with E-state index in [0.29, 0.717) is 45.3 Å². The van der Waals surface area contributed by atoms with Gasteiger partial charge in [-0.25, -0.2) is 4.79 Å². The van der Waals surface area contributed by atoms with Crippen LogP contribution in [0, 0.1) is 11.7 Å². The number of hydrogen-bond acceptors (Lipinski definition) is 8. The van der Waals surface area contributed by atoms with Gasteiger partial charge in [-0.15, -0.1) is 0 Å². The summed E-state index contributed by atoms with van der Waals surface area (Å²) >= 11 is 5.57. The lowest BCUT2D eigenvalue weighted by Crippen LogP contribution is -2.37. The van der Waals surface area contributed by atoms with E-state index in [0.717, 1.165) is 6.42 Å². The molecular weight excluding hydrogens is 405 g/mol. The van der Waals surface area contributed by atoms with Gasteiger partial charge in [-0.3, -0.25) is 0 Å². The van der Waals surface area contributed by atoms with Gasteiger partial charge in [0.1, 0.15) is 5.60 Å². The molecule has 1 aromatic heterocycles. The molecule has 3 rings (SSSR count). The fourth-order valence-corrected chi connectivity index (χ4v) is 2.98. The lowest BCUT2D eigenvalue weighted by molar-refractivity contribution is 0.0284. The van der Waals surface area contributed by atoms with E-state index in [1.807, 2.05) is 25.7 Å². The lowest BCUT2D eigenvalue weighted by atomic mass is 10.1. The van der Waals surface area contributed by atoms with Crippen LogP contribution in [0.5, 0.6) is 0 Å². The highest BCUT2D eigenvalue weighted by molar-refractivity contribution is 6.29. The summed E-state index contributed by atoms with van der Waals surface area (Å²) < 4.78 is 23.4. The van der Waals surface area contributed by atoms with E-state index >= 15 is 0 Å². The maximum absolute atomic E-state index is 13.1. The Morgan fingerprint density at radius 3 is 2.52 bits per heavy atom. The third kappa shape index (κ3) is 7.13. The van der Waals surface area contributed by atoms with E-state index in [-0.39, 0.29) is 29.6 Å². The summed E-state index contributed by atoms with van der Waals surface area (Å²) in [5.74, 6) is -0.421. The van der Waals surface area contributed by atoms with Crippen molar-refractivity contribution in [3.05, 3.63) is 11.0 Å². The number of morpholine rings is 1.